The molecular formula is C18H26O5. The third-order valence-electron chi connectivity index (χ3n) is 6.83. The number of carboxylic acid groups (broad SMARTS) is 1. The van der Waals surface area contributed by atoms with Crippen LogP contribution in [0.4, 0.5) is 0 Å². The molecule has 1 aliphatic heterocycles. The molecule has 1 saturated carbocycles. The molecule has 7 unspecified atom stereocenters. The number of aliphatic hydroxyl groups excluding tert-OH is 1. The minimum Gasteiger partial charge on any atom is -0.481 e. The van der Waals surface area contributed by atoms with E-state index >= 15 is 0 Å². The molecule has 23 heavy (non-hydrogen) atoms. The summed E-state index contributed by atoms with van der Waals surface area (Å²) in [6, 6.07) is 0. The first-order valence-electron chi connectivity index (χ1n) is 8.39. The smallest absolute Gasteiger partial charge is 0.303 e. The maximum Gasteiger partial charge on any atom is 0.303 e. The Bertz CT molecular complexity index is 584. The number of rotatable bonds is 3. The van der Waals surface area contributed by atoms with Gasteiger partial charge in [0.1, 0.15) is 0 Å². The molecule has 0 aromatic carbocycles. The van der Waals surface area contributed by atoms with Crippen molar-refractivity contribution in [2.24, 2.45) is 22.7 Å². The van der Waals surface area contributed by atoms with Crippen LogP contribution in [0, 0.1) is 22.7 Å². The average molecular weight is 322 g/mol. The van der Waals surface area contributed by atoms with E-state index in [1.165, 1.54) is 0 Å². The summed E-state index contributed by atoms with van der Waals surface area (Å²) in [5.74, 6) is -0.997. The number of aliphatic hydroxyl groups is 1. The van der Waals surface area contributed by atoms with Crippen molar-refractivity contribution in [1.82, 2.24) is 0 Å². The van der Waals surface area contributed by atoms with Gasteiger partial charge in [0.05, 0.1) is 17.8 Å². The monoisotopic (exact) mass is 322 g/mol. The molecule has 128 valence electrons. The third kappa shape index (κ3) is 1.99. The molecule has 3 rings (SSSR count). The summed E-state index contributed by atoms with van der Waals surface area (Å²) in [4.78, 5) is 23.7. The molecular weight excluding hydrogens is 296 g/mol. The van der Waals surface area contributed by atoms with E-state index in [1.54, 1.807) is 6.08 Å². The molecule has 7 atom stereocenters. The van der Waals surface area contributed by atoms with E-state index in [2.05, 4.69) is 6.92 Å². The van der Waals surface area contributed by atoms with Crippen molar-refractivity contribution in [3.8, 4) is 0 Å². The molecule has 2 bridgehead atoms. The predicted octanol–water partition coefficient (Wildman–Crippen LogP) is 2.18. The van der Waals surface area contributed by atoms with Gasteiger partial charge >= 0.3 is 5.97 Å². The molecule has 5 nitrogen and oxygen atoms in total. The zero-order chi connectivity index (χ0) is 17.2. The summed E-state index contributed by atoms with van der Waals surface area (Å²) in [7, 11) is 0. The molecule has 1 spiro atoms. The highest BCUT2D eigenvalue weighted by atomic mass is 16.5. The summed E-state index contributed by atoms with van der Waals surface area (Å²) in [6.07, 6.45) is 3.53. The van der Waals surface area contributed by atoms with Crippen LogP contribution in [0.1, 0.15) is 47.0 Å². The van der Waals surface area contributed by atoms with Gasteiger partial charge in [0.2, 0.25) is 0 Å². The molecule has 0 amide bonds. The molecule has 2 N–H and O–H groups in total. The highest BCUT2D eigenvalue weighted by Crippen LogP contribution is 2.65. The van der Waals surface area contributed by atoms with Crippen molar-refractivity contribution in [1.29, 1.82) is 0 Å². The number of ether oxygens (including phenoxy) is 1. The van der Waals surface area contributed by atoms with Gasteiger partial charge in [-0.3, -0.25) is 9.59 Å². The van der Waals surface area contributed by atoms with Crippen LogP contribution in [0.5, 0.6) is 0 Å². The minimum absolute atomic E-state index is 0.0554. The molecule has 3 aliphatic rings. The van der Waals surface area contributed by atoms with Gasteiger partial charge in [-0.05, 0) is 38.7 Å². The van der Waals surface area contributed by atoms with Crippen LogP contribution in [0.3, 0.4) is 0 Å². The summed E-state index contributed by atoms with van der Waals surface area (Å²) >= 11 is 0. The maximum atomic E-state index is 12.7. The number of carboxylic acids is 1. The highest BCUT2D eigenvalue weighted by Gasteiger charge is 2.70. The Labute approximate surface area is 136 Å². The molecule has 0 aromatic rings. The van der Waals surface area contributed by atoms with E-state index in [9.17, 15) is 14.7 Å². The quantitative estimate of drug-likeness (QED) is 0.832. The summed E-state index contributed by atoms with van der Waals surface area (Å²) in [6.45, 7) is 7.81. The number of carbonyl (C=O) groups excluding carboxylic acids is 1. The van der Waals surface area contributed by atoms with Gasteiger partial charge in [-0.25, -0.2) is 0 Å². The number of fused-ring (bicyclic) bond motifs is 1. The molecule has 2 fully saturated rings. The van der Waals surface area contributed by atoms with E-state index < -0.39 is 28.5 Å². The van der Waals surface area contributed by atoms with Crippen LogP contribution in [0.2, 0.25) is 0 Å². The number of aliphatic carboxylic acids is 1. The Morgan fingerprint density at radius 3 is 2.65 bits per heavy atom. The van der Waals surface area contributed by atoms with Crippen LogP contribution >= 0.6 is 0 Å². The van der Waals surface area contributed by atoms with Gasteiger partial charge in [-0.15, -0.1) is 0 Å². The van der Waals surface area contributed by atoms with Crippen LogP contribution < -0.4 is 0 Å². The Morgan fingerprint density at radius 2 is 2.04 bits per heavy atom. The van der Waals surface area contributed by atoms with E-state index in [4.69, 9.17) is 9.84 Å². The number of hydrogen-bond acceptors (Lipinski definition) is 4. The minimum atomic E-state index is -0.905. The normalized spacial score (nSPS) is 51.6. The molecule has 0 radical (unpaired) electrons. The second-order valence-corrected chi connectivity index (χ2v) is 8.11. The third-order valence-corrected chi connectivity index (χ3v) is 6.83. The van der Waals surface area contributed by atoms with Gasteiger partial charge < -0.3 is 14.9 Å². The Balaban J connectivity index is 2.09. The number of ketones is 1. The van der Waals surface area contributed by atoms with Crippen LogP contribution in [0.25, 0.3) is 0 Å². The number of carbonyl (C=O) groups is 2. The van der Waals surface area contributed by atoms with E-state index in [0.29, 0.717) is 0 Å². The summed E-state index contributed by atoms with van der Waals surface area (Å²) < 4.78 is 6.22. The second-order valence-electron chi connectivity index (χ2n) is 8.11. The lowest BCUT2D eigenvalue weighted by Gasteiger charge is -2.57. The molecule has 1 saturated heterocycles. The highest BCUT2D eigenvalue weighted by molar-refractivity contribution is 5.96. The van der Waals surface area contributed by atoms with Crippen molar-refractivity contribution in [2.75, 3.05) is 0 Å². The average Bonchev–Trinajstić information content (AvgIpc) is 2.57. The molecule has 1 heterocycles. The lowest BCUT2D eigenvalue weighted by Crippen LogP contribution is -2.64. The zero-order valence-corrected chi connectivity index (χ0v) is 14.2. The number of hydrogen-bond donors (Lipinski definition) is 2. The van der Waals surface area contributed by atoms with Crippen molar-refractivity contribution in [2.45, 2.75) is 64.8 Å². The van der Waals surface area contributed by atoms with E-state index in [0.717, 1.165) is 6.42 Å². The van der Waals surface area contributed by atoms with Crippen LogP contribution in [-0.2, 0) is 14.3 Å². The fourth-order valence-electron chi connectivity index (χ4n) is 5.62. The van der Waals surface area contributed by atoms with E-state index in [1.807, 2.05) is 26.8 Å². The van der Waals surface area contributed by atoms with Gasteiger partial charge in [0.15, 0.2) is 5.78 Å². The van der Waals surface area contributed by atoms with Crippen molar-refractivity contribution in [3.63, 3.8) is 0 Å². The zero-order valence-electron chi connectivity index (χ0n) is 14.2. The fourth-order valence-corrected chi connectivity index (χ4v) is 5.62. The van der Waals surface area contributed by atoms with Crippen LogP contribution in [-0.4, -0.2) is 39.8 Å². The summed E-state index contributed by atoms with van der Waals surface area (Å²) in [5.41, 5.74) is -1.94. The van der Waals surface area contributed by atoms with Crippen molar-refractivity contribution < 1.29 is 24.5 Å². The van der Waals surface area contributed by atoms with E-state index in [-0.39, 0.29) is 36.6 Å². The first-order chi connectivity index (χ1) is 10.6. The molecule has 5 heteroatoms. The van der Waals surface area contributed by atoms with Gasteiger partial charge in [0.25, 0.3) is 0 Å². The lowest BCUT2D eigenvalue weighted by atomic mass is 9.52. The first-order valence-corrected chi connectivity index (χ1v) is 8.39. The topological polar surface area (TPSA) is 83.8 Å². The number of allylic oxidation sites excluding steroid dienone is 1. The largest absolute Gasteiger partial charge is 0.481 e. The predicted molar refractivity (Wildman–Crippen MR) is 83.8 cm³/mol. The lowest BCUT2D eigenvalue weighted by molar-refractivity contribution is -0.241. The van der Waals surface area contributed by atoms with Gasteiger partial charge in [0, 0.05) is 23.2 Å². The summed E-state index contributed by atoms with van der Waals surface area (Å²) in [5, 5.41) is 20.1. The van der Waals surface area contributed by atoms with Crippen molar-refractivity contribution in [3.05, 3.63) is 12.2 Å². The van der Waals surface area contributed by atoms with Gasteiger partial charge in [-0.1, -0.05) is 19.9 Å². The Kier molecular flexibility index (Phi) is 3.55. The standard InChI is InChI=1S/C18H26O5/c1-10-9-18-8-5-12(19)16(3,7-6-13(20)21)14(18)11(2)23-17(10,4)15(18)22/h5,8,10-11,14-15,22H,6-7,9H2,1-4H3,(H,20,21). The first kappa shape index (κ1) is 16.7. The SMILES string of the molecule is CC1OC2(C)C(C)CC3(C=CC(=O)C(C)(CCC(=O)O)C13)C2O. The van der Waals surface area contributed by atoms with Crippen LogP contribution in [0.15, 0.2) is 12.2 Å². The van der Waals surface area contributed by atoms with Crippen molar-refractivity contribution >= 4 is 11.8 Å². The second kappa shape index (κ2) is 4.90. The Hall–Kier alpha value is -1.20. The molecule has 0 aromatic heterocycles. The Morgan fingerprint density at radius 1 is 1.39 bits per heavy atom. The maximum absolute atomic E-state index is 12.7. The van der Waals surface area contributed by atoms with Gasteiger partial charge in [-0.2, -0.15) is 0 Å². The molecule has 2 aliphatic carbocycles. The fraction of sp³-hybridized carbons (Fsp3) is 0.778.